The molecule has 14 N–H and O–H groups in total. The molecular weight excluding hydrogens is 1230 g/mol. The molecule has 0 radical (unpaired) electrons. The lowest BCUT2D eigenvalue weighted by molar-refractivity contribution is -0.122. The van der Waals surface area contributed by atoms with Crippen LogP contribution in [0.5, 0.6) is 0 Å². The van der Waals surface area contributed by atoms with Crippen molar-refractivity contribution in [1.82, 2.24) is 61.3 Å². The minimum atomic E-state index is 0.171. The average molecular weight is 1400 g/mol. The Morgan fingerprint density at radius 1 is 0.276 bits per heavy atom. The van der Waals surface area contributed by atoms with Gasteiger partial charge in [-0.3, -0.25) is 38.6 Å². The summed E-state index contributed by atoms with van der Waals surface area (Å²) in [6.45, 7) is 51.0. The minimum absolute atomic E-state index is 0.171. The van der Waals surface area contributed by atoms with Crippen molar-refractivity contribution in [3.63, 3.8) is 0 Å². The Balaban J connectivity index is -0.000000263. The van der Waals surface area contributed by atoms with Gasteiger partial charge < -0.3 is 74.4 Å². The molecule has 0 spiro atoms. The van der Waals surface area contributed by atoms with E-state index in [9.17, 15) is 28.8 Å². The van der Waals surface area contributed by atoms with Crippen molar-refractivity contribution < 1.29 is 28.8 Å². The Morgan fingerprint density at radius 3 is 1.02 bits per heavy atom. The Hall–Kier alpha value is -3.10. The average Bonchev–Trinajstić information content (AvgIpc) is 1.15. The molecule has 0 aromatic carbocycles. The van der Waals surface area contributed by atoms with Gasteiger partial charge in [0, 0.05) is 193 Å². The van der Waals surface area contributed by atoms with Crippen LogP contribution in [0.1, 0.15) is 257 Å². The SMILES string of the molecule is CCCC(=O)CCCN(CCN)CCN.CCCC(=O)CCCNCCN(C(C)C)C(C)C.CCCC(=O)CCCNCCN(C)C.CCCC(=O)NCCCCCN(CCCCCN)CCNCCN.CCCC(=O)NCCN(C(C)C)C(C)C.CCCCC(=O)NCCN(C)C. The number of hydrogen-bond acceptors (Lipinski definition) is 19. The lowest BCUT2D eigenvalue weighted by Crippen LogP contribution is -2.42. The van der Waals surface area contributed by atoms with Crippen LogP contribution in [0.2, 0.25) is 0 Å². The molecule has 0 atom stereocenters. The summed E-state index contributed by atoms with van der Waals surface area (Å²) >= 11 is 0. The number of nitrogens with zero attached hydrogens (tertiary/aromatic N) is 6. The Morgan fingerprint density at radius 2 is 0.622 bits per heavy atom. The lowest BCUT2D eigenvalue weighted by Gasteiger charge is -2.30. The zero-order valence-electron chi connectivity index (χ0n) is 67.7. The Kier molecular flexibility index (Phi) is 89.5. The van der Waals surface area contributed by atoms with E-state index in [1.165, 1.54) is 25.7 Å². The van der Waals surface area contributed by atoms with Crippen molar-refractivity contribution in [2.75, 3.05) is 179 Å². The molecule has 0 aromatic heterocycles. The highest BCUT2D eigenvalue weighted by molar-refractivity contribution is 5.79. The number of nitrogens with one attached hydrogen (secondary N) is 6. The van der Waals surface area contributed by atoms with Gasteiger partial charge in [0.15, 0.2) is 0 Å². The van der Waals surface area contributed by atoms with E-state index in [1.54, 1.807) is 0 Å². The molecule has 0 saturated carbocycles. The molecule has 0 rings (SSSR count). The molecule has 588 valence electrons. The standard InChI is InChI=1S/C18H41N5O.C15H32N2O.C12H26N2O.C11H25N3O.C11H24N2O.C9H20N2O/c1-2-9-18(24)22-12-6-4-8-16-23(15-7-3-5-10-19)17-14-21-13-11-20;1-6-8-15(18)9-7-10-16-11-12-17(13(2)3)14(4)5;1-6-7-12(15)13-8-9-14(10(2)3)11(4)5;1-2-4-11(15)5-3-8-14(9-6-12)10-7-13;1-4-6-11(14)7-5-8-12-9-10-13(2)3;1-4-5-6-9(12)10-7-8-11(2)3/h21H,2-17,19-20H2,1H3,(H,22,24);13-14,16H,6-12H2,1-5H3;10-11H,6-9H2,1-5H3,(H,13,15);2-10,12-13H2,1H3;12H,4-10H2,1-3H3;4-8H2,1-3H3,(H,10,12). The summed E-state index contributed by atoms with van der Waals surface area (Å²) < 4.78 is 0. The fraction of sp³-hybridized carbons (Fsp3) is 0.921. The smallest absolute Gasteiger partial charge is 0.220 e. The Bertz CT molecular complexity index is 1680. The summed E-state index contributed by atoms with van der Waals surface area (Å²) in [6, 6.07) is 2.26. The summed E-state index contributed by atoms with van der Waals surface area (Å²) in [7, 11) is 8.12. The third-order valence-corrected chi connectivity index (χ3v) is 15.8. The fourth-order valence-corrected chi connectivity index (χ4v) is 10.3. The molecule has 0 fully saturated rings. The number of hydrogen-bond donors (Lipinski definition) is 10. The van der Waals surface area contributed by atoms with Crippen molar-refractivity contribution >= 4 is 35.1 Å². The molecule has 22 heteroatoms. The van der Waals surface area contributed by atoms with Gasteiger partial charge in [0.2, 0.25) is 17.7 Å². The maximum absolute atomic E-state index is 11.4. The van der Waals surface area contributed by atoms with Crippen LogP contribution in [0.4, 0.5) is 0 Å². The first-order valence-electron chi connectivity index (χ1n) is 39.3. The molecule has 22 nitrogen and oxygen atoms in total. The van der Waals surface area contributed by atoms with Gasteiger partial charge in [0.1, 0.15) is 17.3 Å². The number of carbonyl (C=O) groups excluding carboxylic acids is 6. The van der Waals surface area contributed by atoms with Crippen LogP contribution in [-0.4, -0.2) is 267 Å². The molecule has 0 aliphatic rings. The van der Waals surface area contributed by atoms with Crippen molar-refractivity contribution in [2.45, 2.75) is 282 Å². The first-order chi connectivity index (χ1) is 46.8. The van der Waals surface area contributed by atoms with Gasteiger partial charge >= 0.3 is 0 Å². The van der Waals surface area contributed by atoms with Gasteiger partial charge in [-0.2, -0.15) is 0 Å². The van der Waals surface area contributed by atoms with Crippen LogP contribution in [0.15, 0.2) is 0 Å². The van der Waals surface area contributed by atoms with Crippen LogP contribution in [0.25, 0.3) is 0 Å². The number of nitrogens with two attached hydrogens (primary N) is 4. The van der Waals surface area contributed by atoms with Crippen molar-refractivity contribution in [1.29, 1.82) is 0 Å². The summed E-state index contributed by atoms with van der Waals surface area (Å²) in [6.07, 6.45) is 23.0. The van der Waals surface area contributed by atoms with Gasteiger partial charge in [-0.1, -0.05) is 60.8 Å². The molecule has 0 aliphatic carbocycles. The van der Waals surface area contributed by atoms with E-state index in [1.807, 2.05) is 41.8 Å². The second kappa shape index (κ2) is 82.9. The van der Waals surface area contributed by atoms with E-state index in [-0.39, 0.29) is 17.7 Å². The number of unbranched alkanes of at least 4 members (excludes halogenated alkanes) is 5. The van der Waals surface area contributed by atoms with Crippen LogP contribution in [-0.2, 0) is 28.8 Å². The minimum Gasteiger partial charge on any atom is -0.356 e. The number of rotatable bonds is 61. The third-order valence-electron chi connectivity index (χ3n) is 15.8. The van der Waals surface area contributed by atoms with Crippen LogP contribution in [0.3, 0.4) is 0 Å². The largest absolute Gasteiger partial charge is 0.356 e. The molecule has 0 bridgehead atoms. The normalized spacial score (nSPS) is 11.1. The number of carbonyl (C=O) groups is 6. The highest BCUT2D eigenvalue weighted by Gasteiger charge is 2.14. The molecule has 0 aliphatic heterocycles. The number of Topliss-reactive ketones (excluding diaryl/α,β-unsaturated/α-hetero) is 3. The molecule has 0 heterocycles. The van der Waals surface area contributed by atoms with Gasteiger partial charge in [-0.15, -0.1) is 0 Å². The molecular formula is C76H168N16O6. The summed E-state index contributed by atoms with van der Waals surface area (Å²) in [5.41, 5.74) is 22.0. The first-order valence-corrected chi connectivity index (χ1v) is 39.3. The van der Waals surface area contributed by atoms with E-state index >= 15 is 0 Å². The van der Waals surface area contributed by atoms with E-state index in [0.29, 0.717) is 93.3 Å². The maximum Gasteiger partial charge on any atom is 0.220 e. The number of ketones is 3. The summed E-state index contributed by atoms with van der Waals surface area (Å²) in [4.78, 5) is 81.2. The molecule has 0 unspecified atom stereocenters. The lowest BCUT2D eigenvalue weighted by atomic mass is 10.1. The topological polar surface area (TPSA) is 298 Å². The zero-order valence-corrected chi connectivity index (χ0v) is 67.7. The first kappa shape index (κ1) is 106. The summed E-state index contributed by atoms with van der Waals surface area (Å²) in [5.74, 6) is 1.72. The molecule has 0 saturated heterocycles. The number of likely N-dealkylation sites (N-methyl/N-ethyl adjacent to an activating group) is 2. The highest BCUT2D eigenvalue weighted by atomic mass is 16.2. The van der Waals surface area contributed by atoms with Crippen molar-refractivity contribution in [2.24, 2.45) is 22.9 Å². The van der Waals surface area contributed by atoms with Crippen LogP contribution < -0.4 is 54.8 Å². The quantitative estimate of drug-likeness (QED) is 0.0256. The van der Waals surface area contributed by atoms with E-state index < -0.39 is 0 Å². The monoisotopic (exact) mass is 1400 g/mol. The zero-order chi connectivity index (χ0) is 75.4. The summed E-state index contributed by atoms with van der Waals surface area (Å²) in [5, 5.41) is 18.9. The predicted octanol–water partition coefficient (Wildman–Crippen LogP) is 8.41. The fourth-order valence-electron chi connectivity index (χ4n) is 10.3. The highest BCUT2D eigenvalue weighted by Crippen LogP contribution is 2.07. The predicted molar refractivity (Wildman–Crippen MR) is 422 cm³/mol. The van der Waals surface area contributed by atoms with E-state index in [2.05, 4.69) is 145 Å². The van der Waals surface area contributed by atoms with Crippen molar-refractivity contribution in [3.05, 3.63) is 0 Å². The van der Waals surface area contributed by atoms with Crippen molar-refractivity contribution in [3.8, 4) is 0 Å². The second-order valence-electron chi connectivity index (χ2n) is 27.5. The third kappa shape index (κ3) is 87.1. The van der Waals surface area contributed by atoms with E-state index in [0.717, 1.165) is 234 Å². The van der Waals surface area contributed by atoms with Crippen LogP contribution >= 0.6 is 0 Å². The van der Waals surface area contributed by atoms with E-state index in [4.69, 9.17) is 22.9 Å². The van der Waals surface area contributed by atoms with Gasteiger partial charge in [0.05, 0.1) is 0 Å². The van der Waals surface area contributed by atoms with Crippen LogP contribution in [0, 0.1) is 0 Å². The maximum atomic E-state index is 11.4. The van der Waals surface area contributed by atoms with Gasteiger partial charge in [-0.05, 0) is 206 Å². The number of amides is 3. The van der Waals surface area contributed by atoms with Gasteiger partial charge in [0.25, 0.3) is 0 Å². The molecule has 98 heavy (non-hydrogen) atoms. The van der Waals surface area contributed by atoms with Gasteiger partial charge in [-0.25, -0.2) is 0 Å². The Labute approximate surface area is 605 Å². The molecule has 3 amide bonds. The second-order valence-corrected chi connectivity index (χ2v) is 27.5. The molecule has 0 aromatic rings.